The summed E-state index contributed by atoms with van der Waals surface area (Å²) in [5.41, 5.74) is 1.19. The van der Waals surface area contributed by atoms with Gasteiger partial charge in [-0.25, -0.2) is 4.79 Å². The predicted molar refractivity (Wildman–Crippen MR) is 51.2 cm³/mol. The molecule has 0 bridgehead atoms. The first kappa shape index (κ1) is 10.8. The van der Waals surface area contributed by atoms with Crippen molar-refractivity contribution in [3.05, 3.63) is 17.0 Å². The Morgan fingerprint density at radius 3 is 2.79 bits per heavy atom. The minimum absolute atomic E-state index is 0.338. The lowest BCUT2D eigenvalue weighted by Gasteiger charge is -2.00. The summed E-state index contributed by atoms with van der Waals surface area (Å²) in [5, 5.41) is 3.83. The van der Waals surface area contributed by atoms with Gasteiger partial charge >= 0.3 is 5.97 Å². The summed E-state index contributed by atoms with van der Waals surface area (Å²) in [6.07, 6.45) is 1.67. The van der Waals surface area contributed by atoms with Gasteiger partial charge < -0.3 is 9.26 Å². The van der Waals surface area contributed by atoms with Gasteiger partial charge in [0.15, 0.2) is 0 Å². The Kier molecular flexibility index (Phi) is 3.68. The fourth-order valence-electron chi connectivity index (χ4n) is 1.29. The van der Waals surface area contributed by atoms with Crippen molar-refractivity contribution in [1.29, 1.82) is 0 Å². The van der Waals surface area contributed by atoms with Gasteiger partial charge in [0.1, 0.15) is 11.3 Å². The van der Waals surface area contributed by atoms with E-state index in [1.165, 1.54) is 0 Å². The summed E-state index contributed by atoms with van der Waals surface area (Å²) in [6, 6.07) is 0. The number of carbonyl (C=O) groups excluding carboxylic acids is 1. The molecule has 0 saturated heterocycles. The molecule has 0 unspecified atom stereocenters. The van der Waals surface area contributed by atoms with E-state index in [1.54, 1.807) is 13.8 Å². The van der Waals surface area contributed by atoms with Crippen LogP contribution in [-0.4, -0.2) is 17.7 Å². The molecule has 4 heteroatoms. The van der Waals surface area contributed by atoms with Crippen molar-refractivity contribution in [2.45, 2.75) is 33.6 Å². The van der Waals surface area contributed by atoms with Crippen molar-refractivity contribution in [2.75, 3.05) is 6.61 Å². The van der Waals surface area contributed by atoms with Crippen molar-refractivity contribution in [1.82, 2.24) is 5.16 Å². The molecule has 0 aliphatic carbocycles. The van der Waals surface area contributed by atoms with Crippen LogP contribution in [0.5, 0.6) is 0 Å². The summed E-state index contributed by atoms with van der Waals surface area (Å²) in [6.45, 7) is 5.90. The highest BCUT2D eigenvalue weighted by Gasteiger charge is 2.20. The molecule has 0 N–H and O–H groups in total. The van der Waals surface area contributed by atoms with Crippen LogP contribution in [0.3, 0.4) is 0 Å². The first-order valence-corrected chi connectivity index (χ1v) is 4.82. The minimum atomic E-state index is -0.338. The topological polar surface area (TPSA) is 52.3 Å². The molecule has 0 saturated carbocycles. The maximum Gasteiger partial charge on any atom is 0.343 e. The van der Waals surface area contributed by atoms with Gasteiger partial charge in [0.2, 0.25) is 0 Å². The molecular weight excluding hydrogens is 182 g/mol. The Morgan fingerprint density at radius 2 is 2.21 bits per heavy atom. The molecule has 0 fully saturated rings. The monoisotopic (exact) mass is 197 g/mol. The third-order valence-corrected chi connectivity index (χ3v) is 1.90. The standard InChI is InChI=1S/C10H15NO3/c1-4-6-8-9(7(3)14-11-8)10(12)13-5-2/h4-6H2,1-3H3. The van der Waals surface area contributed by atoms with E-state index in [0.29, 0.717) is 23.6 Å². The van der Waals surface area contributed by atoms with E-state index in [-0.39, 0.29) is 5.97 Å². The number of hydrogen-bond donors (Lipinski definition) is 0. The molecule has 0 aliphatic rings. The SMILES string of the molecule is CCCc1noc(C)c1C(=O)OCC. The van der Waals surface area contributed by atoms with Crippen molar-refractivity contribution >= 4 is 5.97 Å². The smallest absolute Gasteiger partial charge is 0.343 e. The average molecular weight is 197 g/mol. The molecule has 0 amide bonds. The van der Waals surface area contributed by atoms with Gasteiger partial charge in [0.25, 0.3) is 0 Å². The zero-order chi connectivity index (χ0) is 10.6. The third kappa shape index (κ3) is 2.13. The van der Waals surface area contributed by atoms with Gasteiger partial charge in [-0.05, 0) is 20.3 Å². The van der Waals surface area contributed by atoms with Gasteiger partial charge in [0, 0.05) is 0 Å². The lowest BCUT2D eigenvalue weighted by Crippen LogP contribution is -2.08. The van der Waals surface area contributed by atoms with Gasteiger partial charge in [0.05, 0.1) is 12.3 Å². The highest BCUT2D eigenvalue weighted by atomic mass is 16.5. The molecular formula is C10H15NO3. The molecule has 0 spiro atoms. The molecule has 1 aromatic heterocycles. The van der Waals surface area contributed by atoms with E-state index >= 15 is 0 Å². The van der Waals surface area contributed by atoms with Crippen molar-refractivity contribution in [3.63, 3.8) is 0 Å². The average Bonchev–Trinajstić information content (AvgIpc) is 2.48. The molecule has 14 heavy (non-hydrogen) atoms. The van der Waals surface area contributed by atoms with Crippen molar-refractivity contribution in [2.24, 2.45) is 0 Å². The number of ether oxygens (including phenoxy) is 1. The maximum absolute atomic E-state index is 11.5. The molecule has 1 heterocycles. The lowest BCUT2D eigenvalue weighted by atomic mass is 10.1. The summed E-state index contributed by atoms with van der Waals surface area (Å²) < 4.78 is 9.88. The Bertz CT molecular complexity index is 317. The highest BCUT2D eigenvalue weighted by Crippen LogP contribution is 2.16. The van der Waals surface area contributed by atoms with Crippen LogP contribution in [0.25, 0.3) is 0 Å². The third-order valence-electron chi connectivity index (χ3n) is 1.90. The van der Waals surface area contributed by atoms with E-state index < -0.39 is 0 Å². The van der Waals surface area contributed by atoms with Crippen LogP contribution in [-0.2, 0) is 11.2 Å². The number of hydrogen-bond acceptors (Lipinski definition) is 4. The first-order chi connectivity index (χ1) is 6.70. The Hall–Kier alpha value is -1.32. The second-order valence-corrected chi connectivity index (χ2v) is 3.03. The molecule has 0 aliphatic heterocycles. The van der Waals surface area contributed by atoms with E-state index in [2.05, 4.69) is 5.16 Å². The fourth-order valence-corrected chi connectivity index (χ4v) is 1.29. The van der Waals surface area contributed by atoms with Gasteiger partial charge in [-0.1, -0.05) is 18.5 Å². The molecule has 78 valence electrons. The van der Waals surface area contributed by atoms with E-state index in [4.69, 9.17) is 9.26 Å². The maximum atomic E-state index is 11.5. The van der Waals surface area contributed by atoms with Crippen LogP contribution in [0.15, 0.2) is 4.52 Å². The zero-order valence-electron chi connectivity index (χ0n) is 8.79. The number of carbonyl (C=O) groups is 1. The molecule has 4 nitrogen and oxygen atoms in total. The van der Waals surface area contributed by atoms with Gasteiger partial charge in [-0.2, -0.15) is 0 Å². The van der Waals surface area contributed by atoms with Crippen molar-refractivity contribution in [3.8, 4) is 0 Å². The summed E-state index contributed by atoms with van der Waals surface area (Å²) in [4.78, 5) is 11.5. The number of esters is 1. The van der Waals surface area contributed by atoms with Crippen LogP contribution < -0.4 is 0 Å². The van der Waals surface area contributed by atoms with E-state index in [9.17, 15) is 4.79 Å². The van der Waals surface area contributed by atoms with E-state index in [1.807, 2.05) is 6.92 Å². The van der Waals surface area contributed by atoms with Crippen molar-refractivity contribution < 1.29 is 14.1 Å². The number of aromatic nitrogens is 1. The quantitative estimate of drug-likeness (QED) is 0.694. The van der Waals surface area contributed by atoms with Crippen LogP contribution in [0.4, 0.5) is 0 Å². The normalized spacial score (nSPS) is 10.2. The Labute approximate surface area is 83.2 Å². The highest BCUT2D eigenvalue weighted by molar-refractivity contribution is 5.91. The number of nitrogens with zero attached hydrogens (tertiary/aromatic N) is 1. The van der Waals surface area contributed by atoms with Crippen LogP contribution >= 0.6 is 0 Å². The Morgan fingerprint density at radius 1 is 1.50 bits per heavy atom. The predicted octanol–water partition coefficient (Wildman–Crippen LogP) is 2.11. The van der Waals surface area contributed by atoms with E-state index in [0.717, 1.165) is 12.8 Å². The first-order valence-electron chi connectivity index (χ1n) is 4.82. The summed E-state index contributed by atoms with van der Waals surface area (Å²) in [7, 11) is 0. The second kappa shape index (κ2) is 4.79. The number of rotatable bonds is 4. The molecule has 1 aromatic rings. The lowest BCUT2D eigenvalue weighted by molar-refractivity contribution is 0.0523. The number of aryl methyl sites for hydroxylation is 2. The Balaban J connectivity index is 2.92. The molecule has 1 rings (SSSR count). The summed E-state index contributed by atoms with van der Waals surface area (Å²) in [5.74, 6) is 0.196. The molecule has 0 aromatic carbocycles. The zero-order valence-corrected chi connectivity index (χ0v) is 8.79. The van der Waals surface area contributed by atoms with Crippen LogP contribution in [0, 0.1) is 6.92 Å². The largest absolute Gasteiger partial charge is 0.462 e. The van der Waals surface area contributed by atoms with Crippen LogP contribution in [0.2, 0.25) is 0 Å². The second-order valence-electron chi connectivity index (χ2n) is 3.03. The summed E-state index contributed by atoms with van der Waals surface area (Å²) >= 11 is 0. The van der Waals surface area contributed by atoms with Crippen LogP contribution in [0.1, 0.15) is 42.1 Å². The van der Waals surface area contributed by atoms with Gasteiger partial charge in [-0.15, -0.1) is 0 Å². The molecule has 0 atom stereocenters. The molecule has 0 radical (unpaired) electrons. The fraction of sp³-hybridized carbons (Fsp3) is 0.600. The minimum Gasteiger partial charge on any atom is -0.462 e. The van der Waals surface area contributed by atoms with Gasteiger partial charge in [-0.3, -0.25) is 0 Å².